The minimum absolute atomic E-state index is 0.0208. The van der Waals surface area contributed by atoms with Crippen molar-refractivity contribution >= 4 is 5.97 Å². The van der Waals surface area contributed by atoms with Crippen molar-refractivity contribution in [1.29, 1.82) is 0 Å². The molecule has 0 amide bonds. The van der Waals surface area contributed by atoms with Crippen LogP contribution in [-0.4, -0.2) is 21.1 Å². The number of carbonyl (C=O) groups is 1. The van der Waals surface area contributed by atoms with Crippen LogP contribution >= 0.6 is 0 Å². The fourth-order valence-corrected chi connectivity index (χ4v) is 1.03. The summed E-state index contributed by atoms with van der Waals surface area (Å²) in [4.78, 5) is 14.8. The van der Waals surface area contributed by atoms with E-state index in [1.807, 2.05) is 52.4 Å². The van der Waals surface area contributed by atoms with Crippen LogP contribution < -0.4 is 0 Å². The zero-order valence-corrected chi connectivity index (χ0v) is 12.4. The Balaban J connectivity index is 0.000000308. The first-order valence-electron chi connectivity index (χ1n) is 6.53. The molecule has 0 spiro atoms. The fourth-order valence-electron chi connectivity index (χ4n) is 1.03. The molecule has 4 nitrogen and oxygen atoms in total. The number of ether oxygens (including phenoxy) is 1. The fraction of sp³-hybridized carbons (Fsp3) is 0.714. The van der Waals surface area contributed by atoms with Gasteiger partial charge in [0, 0.05) is 19.4 Å². The molecule has 1 aliphatic carbocycles. The van der Waals surface area contributed by atoms with Crippen LogP contribution in [0, 0.1) is 5.92 Å². The van der Waals surface area contributed by atoms with E-state index in [4.69, 9.17) is 4.74 Å². The SMILES string of the molecule is CC.CC(C)(C)OC(=O)C1CC1.Cn1ccnc1. The lowest BCUT2D eigenvalue weighted by Gasteiger charge is -2.19. The van der Waals surface area contributed by atoms with Crippen LogP contribution in [0.3, 0.4) is 0 Å². The highest BCUT2D eigenvalue weighted by Gasteiger charge is 2.33. The Labute approximate surface area is 110 Å². The first kappa shape index (κ1) is 16.7. The van der Waals surface area contributed by atoms with Crippen molar-refractivity contribution in [2.75, 3.05) is 0 Å². The van der Waals surface area contributed by atoms with Gasteiger partial charge in [-0.3, -0.25) is 4.79 Å². The van der Waals surface area contributed by atoms with E-state index < -0.39 is 0 Å². The van der Waals surface area contributed by atoms with Crippen LogP contribution in [-0.2, 0) is 16.6 Å². The van der Waals surface area contributed by atoms with Gasteiger partial charge in [0.15, 0.2) is 0 Å². The maximum absolute atomic E-state index is 11.0. The van der Waals surface area contributed by atoms with E-state index in [1.54, 1.807) is 12.5 Å². The maximum Gasteiger partial charge on any atom is 0.309 e. The van der Waals surface area contributed by atoms with E-state index >= 15 is 0 Å². The van der Waals surface area contributed by atoms with Gasteiger partial charge in [-0.15, -0.1) is 0 Å². The van der Waals surface area contributed by atoms with Crippen molar-refractivity contribution in [3.63, 3.8) is 0 Å². The molecule has 0 unspecified atom stereocenters. The first-order chi connectivity index (χ1) is 8.38. The maximum atomic E-state index is 11.0. The molecule has 1 aromatic heterocycles. The molecule has 1 aliphatic rings. The highest BCUT2D eigenvalue weighted by atomic mass is 16.6. The van der Waals surface area contributed by atoms with Gasteiger partial charge in [0.2, 0.25) is 0 Å². The van der Waals surface area contributed by atoms with Gasteiger partial charge in [0.25, 0.3) is 0 Å². The Kier molecular flexibility index (Phi) is 7.32. The van der Waals surface area contributed by atoms with Gasteiger partial charge in [-0.1, -0.05) is 13.8 Å². The van der Waals surface area contributed by atoms with Crippen LogP contribution in [0.1, 0.15) is 47.5 Å². The van der Waals surface area contributed by atoms with Gasteiger partial charge in [0.05, 0.1) is 12.2 Å². The topological polar surface area (TPSA) is 44.1 Å². The van der Waals surface area contributed by atoms with Crippen molar-refractivity contribution in [2.24, 2.45) is 13.0 Å². The first-order valence-corrected chi connectivity index (χ1v) is 6.53. The van der Waals surface area contributed by atoms with Gasteiger partial charge in [-0.05, 0) is 33.6 Å². The van der Waals surface area contributed by atoms with E-state index in [1.165, 1.54) is 0 Å². The number of hydrogen-bond acceptors (Lipinski definition) is 3. The lowest BCUT2D eigenvalue weighted by atomic mass is 10.2. The summed E-state index contributed by atoms with van der Waals surface area (Å²) < 4.78 is 7.01. The molecule has 0 aliphatic heterocycles. The lowest BCUT2D eigenvalue weighted by molar-refractivity contribution is -0.156. The third kappa shape index (κ3) is 8.79. The normalized spacial score (nSPS) is 13.7. The number of hydrogen-bond donors (Lipinski definition) is 0. The zero-order chi connectivity index (χ0) is 14.2. The van der Waals surface area contributed by atoms with Crippen LogP contribution in [0.15, 0.2) is 18.7 Å². The molecule has 0 radical (unpaired) electrons. The molecule has 1 fully saturated rings. The summed E-state index contributed by atoms with van der Waals surface area (Å²) in [7, 11) is 1.94. The Morgan fingerprint density at radius 2 is 1.89 bits per heavy atom. The van der Waals surface area contributed by atoms with Crippen LogP contribution in [0.4, 0.5) is 0 Å². The molecule has 1 heterocycles. The Bertz CT molecular complexity index is 322. The highest BCUT2D eigenvalue weighted by molar-refractivity contribution is 5.75. The summed E-state index contributed by atoms with van der Waals surface area (Å²) in [6.45, 7) is 9.69. The zero-order valence-electron chi connectivity index (χ0n) is 12.4. The molecule has 0 atom stereocenters. The Morgan fingerprint density at radius 1 is 1.33 bits per heavy atom. The summed E-state index contributed by atoms with van der Waals surface area (Å²) >= 11 is 0. The molecule has 0 bridgehead atoms. The number of nitrogens with zero attached hydrogens (tertiary/aromatic N) is 2. The lowest BCUT2D eigenvalue weighted by Crippen LogP contribution is -2.24. The second kappa shape index (κ2) is 7.90. The molecule has 104 valence electrons. The van der Waals surface area contributed by atoms with E-state index in [9.17, 15) is 4.79 Å². The third-order valence-corrected chi connectivity index (χ3v) is 1.95. The van der Waals surface area contributed by atoms with Crippen LogP contribution in [0.2, 0.25) is 0 Å². The molecule has 4 heteroatoms. The molecular weight excluding hydrogens is 228 g/mol. The van der Waals surface area contributed by atoms with Gasteiger partial charge in [-0.2, -0.15) is 0 Å². The molecule has 0 saturated heterocycles. The van der Waals surface area contributed by atoms with Crippen LogP contribution in [0.5, 0.6) is 0 Å². The van der Waals surface area contributed by atoms with Crippen molar-refractivity contribution in [3.05, 3.63) is 18.7 Å². The summed E-state index contributed by atoms with van der Waals surface area (Å²) in [5, 5.41) is 0. The number of esters is 1. The molecule has 0 aromatic carbocycles. The van der Waals surface area contributed by atoms with E-state index in [-0.39, 0.29) is 17.5 Å². The van der Waals surface area contributed by atoms with E-state index in [0.29, 0.717) is 0 Å². The smallest absolute Gasteiger partial charge is 0.309 e. The average molecular weight is 254 g/mol. The molecule has 18 heavy (non-hydrogen) atoms. The predicted octanol–water partition coefficient (Wildman–Crippen LogP) is 3.18. The number of rotatable bonds is 1. The molecule has 1 saturated carbocycles. The van der Waals surface area contributed by atoms with Gasteiger partial charge >= 0.3 is 5.97 Å². The quantitative estimate of drug-likeness (QED) is 0.723. The monoisotopic (exact) mass is 254 g/mol. The average Bonchev–Trinajstić information content (AvgIpc) is 3.03. The summed E-state index contributed by atoms with van der Waals surface area (Å²) in [6.07, 6.45) is 7.43. The third-order valence-electron chi connectivity index (χ3n) is 1.95. The van der Waals surface area contributed by atoms with Crippen LogP contribution in [0.25, 0.3) is 0 Å². The van der Waals surface area contributed by atoms with Crippen molar-refractivity contribution in [1.82, 2.24) is 9.55 Å². The standard InChI is InChI=1S/C8H14O2.C4H6N2.C2H6/c1-8(2,3)10-7(9)6-4-5-6;1-6-3-2-5-4-6;1-2/h6H,4-5H2,1-3H3;2-4H,1H3;1-2H3. The minimum atomic E-state index is -0.306. The van der Waals surface area contributed by atoms with Gasteiger partial charge < -0.3 is 9.30 Å². The largest absolute Gasteiger partial charge is 0.460 e. The predicted molar refractivity (Wildman–Crippen MR) is 73.1 cm³/mol. The van der Waals surface area contributed by atoms with E-state index in [2.05, 4.69) is 4.98 Å². The molecule has 1 aromatic rings. The van der Waals surface area contributed by atoms with E-state index in [0.717, 1.165) is 12.8 Å². The Hall–Kier alpha value is -1.32. The molecule has 2 rings (SSSR count). The number of aryl methyl sites for hydroxylation is 1. The van der Waals surface area contributed by atoms with Crippen molar-refractivity contribution < 1.29 is 9.53 Å². The van der Waals surface area contributed by atoms with Crippen molar-refractivity contribution in [2.45, 2.75) is 53.1 Å². The summed E-state index contributed by atoms with van der Waals surface area (Å²) in [6, 6.07) is 0. The van der Waals surface area contributed by atoms with Crippen molar-refractivity contribution in [3.8, 4) is 0 Å². The highest BCUT2D eigenvalue weighted by Crippen LogP contribution is 2.31. The second-order valence-corrected chi connectivity index (χ2v) is 5.04. The number of imidazole rings is 1. The second-order valence-electron chi connectivity index (χ2n) is 5.04. The summed E-state index contributed by atoms with van der Waals surface area (Å²) in [5.41, 5.74) is -0.306. The Morgan fingerprint density at radius 3 is 2.11 bits per heavy atom. The van der Waals surface area contributed by atoms with Gasteiger partial charge in [-0.25, -0.2) is 4.98 Å². The number of aromatic nitrogens is 2. The minimum Gasteiger partial charge on any atom is -0.460 e. The molecular formula is C14H26N2O2. The molecule has 0 N–H and O–H groups in total. The van der Waals surface area contributed by atoms with Gasteiger partial charge in [0.1, 0.15) is 5.60 Å². The number of carbonyl (C=O) groups excluding carboxylic acids is 1. The summed E-state index contributed by atoms with van der Waals surface area (Å²) in [5.74, 6) is 0.201.